The molecule has 0 amide bonds. The SMILES string of the molecule is Cc1cc(-c2cc(N)ccc2C)c(F)cc1F. The fourth-order valence-electron chi connectivity index (χ4n) is 1.79. The van der Waals surface area contributed by atoms with E-state index in [-0.39, 0.29) is 0 Å². The van der Waals surface area contributed by atoms with Crippen LogP contribution in [-0.4, -0.2) is 0 Å². The second kappa shape index (κ2) is 4.17. The van der Waals surface area contributed by atoms with Crippen molar-refractivity contribution < 1.29 is 8.78 Å². The molecule has 0 saturated heterocycles. The van der Waals surface area contributed by atoms with Crippen LogP contribution in [0.2, 0.25) is 0 Å². The number of aryl methyl sites for hydroxylation is 2. The molecule has 3 heteroatoms. The van der Waals surface area contributed by atoms with Gasteiger partial charge in [-0.3, -0.25) is 0 Å². The van der Waals surface area contributed by atoms with Crippen molar-refractivity contribution in [2.45, 2.75) is 13.8 Å². The van der Waals surface area contributed by atoms with E-state index in [2.05, 4.69) is 0 Å². The van der Waals surface area contributed by atoms with Gasteiger partial charge >= 0.3 is 0 Å². The lowest BCUT2D eigenvalue weighted by atomic mass is 9.98. The maximum Gasteiger partial charge on any atom is 0.133 e. The van der Waals surface area contributed by atoms with Crippen LogP contribution in [-0.2, 0) is 0 Å². The number of anilines is 1. The van der Waals surface area contributed by atoms with E-state index in [0.29, 0.717) is 22.4 Å². The smallest absolute Gasteiger partial charge is 0.133 e. The zero-order valence-corrected chi connectivity index (χ0v) is 9.72. The molecule has 0 fully saturated rings. The quantitative estimate of drug-likeness (QED) is 0.744. The van der Waals surface area contributed by atoms with Crippen LogP contribution >= 0.6 is 0 Å². The highest BCUT2D eigenvalue weighted by Crippen LogP contribution is 2.29. The van der Waals surface area contributed by atoms with E-state index in [4.69, 9.17) is 5.73 Å². The minimum Gasteiger partial charge on any atom is -0.399 e. The van der Waals surface area contributed by atoms with Crippen LogP contribution in [0.4, 0.5) is 14.5 Å². The Morgan fingerprint density at radius 1 is 0.824 bits per heavy atom. The topological polar surface area (TPSA) is 26.0 Å². The van der Waals surface area contributed by atoms with Gasteiger partial charge in [-0.2, -0.15) is 0 Å². The summed E-state index contributed by atoms with van der Waals surface area (Å²) in [5, 5.41) is 0. The Kier molecular flexibility index (Phi) is 2.84. The molecule has 88 valence electrons. The predicted octanol–water partition coefficient (Wildman–Crippen LogP) is 3.83. The van der Waals surface area contributed by atoms with Gasteiger partial charge in [-0.1, -0.05) is 6.07 Å². The van der Waals surface area contributed by atoms with Gasteiger partial charge in [-0.05, 0) is 48.7 Å². The lowest BCUT2D eigenvalue weighted by molar-refractivity contribution is 0.579. The van der Waals surface area contributed by atoms with Crippen LogP contribution in [0.5, 0.6) is 0 Å². The van der Waals surface area contributed by atoms with E-state index in [9.17, 15) is 8.78 Å². The van der Waals surface area contributed by atoms with Gasteiger partial charge in [0.05, 0.1) is 0 Å². The molecular formula is C14H13F2N. The molecule has 17 heavy (non-hydrogen) atoms. The van der Waals surface area contributed by atoms with Gasteiger partial charge in [0.25, 0.3) is 0 Å². The third-order valence-electron chi connectivity index (χ3n) is 2.80. The zero-order valence-electron chi connectivity index (χ0n) is 9.72. The van der Waals surface area contributed by atoms with Crippen molar-refractivity contribution in [1.29, 1.82) is 0 Å². The Labute approximate surface area is 98.9 Å². The monoisotopic (exact) mass is 233 g/mol. The van der Waals surface area contributed by atoms with Crippen molar-refractivity contribution in [3.05, 3.63) is 53.1 Å². The van der Waals surface area contributed by atoms with E-state index in [0.717, 1.165) is 11.6 Å². The average molecular weight is 233 g/mol. The standard InChI is InChI=1S/C14H13F2N/c1-8-3-4-10(17)6-11(8)12-5-9(2)13(15)7-14(12)16/h3-7H,17H2,1-2H3. The number of nitrogens with two attached hydrogens (primary N) is 1. The molecule has 0 radical (unpaired) electrons. The molecule has 0 aromatic heterocycles. The fraction of sp³-hybridized carbons (Fsp3) is 0.143. The molecule has 2 aromatic carbocycles. The van der Waals surface area contributed by atoms with Crippen LogP contribution in [0.3, 0.4) is 0 Å². The van der Waals surface area contributed by atoms with Crippen molar-refractivity contribution in [2.24, 2.45) is 0 Å². The Balaban J connectivity index is 2.68. The second-order valence-corrected chi connectivity index (χ2v) is 4.16. The molecule has 2 aromatic rings. The van der Waals surface area contributed by atoms with Gasteiger partial charge in [-0.15, -0.1) is 0 Å². The van der Waals surface area contributed by atoms with Crippen LogP contribution in [0.15, 0.2) is 30.3 Å². The minimum atomic E-state index is -0.568. The molecule has 2 N–H and O–H groups in total. The molecule has 0 aliphatic carbocycles. The molecule has 1 nitrogen and oxygen atoms in total. The molecule has 0 spiro atoms. The third kappa shape index (κ3) is 2.13. The molecule has 0 aliphatic rings. The Morgan fingerprint density at radius 2 is 1.53 bits per heavy atom. The first kappa shape index (κ1) is 11.6. The second-order valence-electron chi connectivity index (χ2n) is 4.16. The summed E-state index contributed by atoms with van der Waals surface area (Å²) in [5.74, 6) is -1.10. The largest absolute Gasteiger partial charge is 0.399 e. The summed E-state index contributed by atoms with van der Waals surface area (Å²) in [6.45, 7) is 3.48. The summed E-state index contributed by atoms with van der Waals surface area (Å²) >= 11 is 0. The maximum atomic E-state index is 13.7. The molecule has 0 atom stereocenters. The first-order valence-electron chi connectivity index (χ1n) is 5.31. The molecular weight excluding hydrogens is 220 g/mol. The van der Waals surface area contributed by atoms with Crippen LogP contribution in [0, 0.1) is 25.5 Å². The number of halogens is 2. The highest BCUT2D eigenvalue weighted by Gasteiger charge is 2.11. The number of nitrogen functional groups attached to an aromatic ring is 1. The molecule has 0 unspecified atom stereocenters. The van der Waals surface area contributed by atoms with Gasteiger partial charge in [0.2, 0.25) is 0 Å². The van der Waals surface area contributed by atoms with Crippen LogP contribution in [0.25, 0.3) is 11.1 Å². The first-order chi connectivity index (χ1) is 7.99. The molecule has 0 saturated carbocycles. The van der Waals surface area contributed by atoms with Crippen molar-refractivity contribution >= 4 is 5.69 Å². The van der Waals surface area contributed by atoms with Crippen molar-refractivity contribution in [1.82, 2.24) is 0 Å². The van der Waals surface area contributed by atoms with E-state index in [1.165, 1.54) is 6.07 Å². The van der Waals surface area contributed by atoms with Crippen molar-refractivity contribution in [3.63, 3.8) is 0 Å². The lowest BCUT2D eigenvalue weighted by Crippen LogP contribution is -1.94. The number of rotatable bonds is 1. The third-order valence-corrected chi connectivity index (χ3v) is 2.80. The number of hydrogen-bond acceptors (Lipinski definition) is 1. The van der Waals surface area contributed by atoms with Crippen LogP contribution in [0.1, 0.15) is 11.1 Å². The summed E-state index contributed by atoms with van der Waals surface area (Å²) in [6, 6.07) is 7.70. The zero-order chi connectivity index (χ0) is 12.6. The maximum absolute atomic E-state index is 13.7. The minimum absolute atomic E-state index is 0.383. The van der Waals surface area contributed by atoms with E-state index in [1.807, 2.05) is 13.0 Å². The van der Waals surface area contributed by atoms with E-state index < -0.39 is 11.6 Å². The van der Waals surface area contributed by atoms with Crippen molar-refractivity contribution in [3.8, 4) is 11.1 Å². The normalized spacial score (nSPS) is 10.6. The lowest BCUT2D eigenvalue weighted by Gasteiger charge is -2.10. The van der Waals surface area contributed by atoms with Gasteiger partial charge in [-0.25, -0.2) is 8.78 Å². The first-order valence-corrected chi connectivity index (χ1v) is 5.31. The number of hydrogen-bond donors (Lipinski definition) is 1. The molecule has 0 aliphatic heterocycles. The van der Waals surface area contributed by atoms with Gasteiger partial charge in [0.1, 0.15) is 11.6 Å². The number of benzene rings is 2. The predicted molar refractivity (Wildman–Crippen MR) is 65.7 cm³/mol. The molecule has 0 heterocycles. The van der Waals surface area contributed by atoms with Crippen LogP contribution < -0.4 is 5.73 Å². The van der Waals surface area contributed by atoms with E-state index in [1.54, 1.807) is 19.1 Å². The molecule has 2 rings (SSSR count). The highest BCUT2D eigenvalue weighted by molar-refractivity contribution is 5.71. The van der Waals surface area contributed by atoms with Gasteiger partial charge < -0.3 is 5.73 Å². The molecule has 0 bridgehead atoms. The van der Waals surface area contributed by atoms with Gasteiger partial charge in [0.15, 0.2) is 0 Å². The summed E-state index contributed by atoms with van der Waals surface area (Å²) in [7, 11) is 0. The summed E-state index contributed by atoms with van der Waals surface area (Å²) in [6.07, 6.45) is 0. The Hall–Kier alpha value is -1.90. The van der Waals surface area contributed by atoms with Crippen molar-refractivity contribution in [2.75, 3.05) is 5.73 Å². The summed E-state index contributed by atoms with van der Waals surface area (Å²) in [5.41, 5.74) is 8.66. The average Bonchev–Trinajstić information content (AvgIpc) is 2.27. The summed E-state index contributed by atoms with van der Waals surface area (Å²) < 4.78 is 26.9. The highest BCUT2D eigenvalue weighted by atomic mass is 19.1. The Bertz CT molecular complexity index is 577. The van der Waals surface area contributed by atoms with Gasteiger partial charge in [0, 0.05) is 17.3 Å². The fourth-order valence-corrected chi connectivity index (χ4v) is 1.79. The van der Waals surface area contributed by atoms with E-state index >= 15 is 0 Å². The Morgan fingerprint density at radius 3 is 2.24 bits per heavy atom. The summed E-state index contributed by atoms with van der Waals surface area (Å²) in [4.78, 5) is 0.